The molecule has 4 heterocycles. The van der Waals surface area contributed by atoms with Crippen molar-refractivity contribution in [3.05, 3.63) is 47.9 Å². The lowest BCUT2D eigenvalue weighted by Gasteiger charge is -2.43. The summed E-state index contributed by atoms with van der Waals surface area (Å²) >= 11 is 0. The Morgan fingerprint density at radius 2 is 1.86 bits per heavy atom. The van der Waals surface area contributed by atoms with E-state index in [1.807, 2.05) is 0 Å². The SMILES string of the molecule is C[C@H]1C[C@@H]2[C@](C)(N=C(N)C(C)(C)S2(=O)=O)c2cc(Nc3ncnc4cc(C(F)(F)F)cnc34)ccc2O1. The Morgan fingerprint density at radius 1 is 1.14 bits per heavy atom. The van der Waals surface area contributed by atoms with Gasteiger partial charge in [-0.3, -0.25) is 9.98 Å². The van der Waals surface area contributed by atoms with Crippen LogP contribution in [0.25, 0.3) is 11.0 Å². The van der Waals surface area contributed by atoms with E-state index in [0.29, 0.717) is 17.0 Å². The Balaban J connectivity index is 1.62. The number of benzene rings is 1. The molecule has 0 radical (unpaired) electrons. The van der Waals surface area contributed by atoms with Crippen LogP contribution in [0.4, 0.5) is 24.7 Å². The molecule has 2 aliphatic heterocycles. The molecular formula is C24H25F3N6O3S. The fourth-order valence-corrected chi connectivity index (χ4v) is 7.21. The van der Waals surface area contributed by atoms with Crippen molar-refractivity contribution in [1.29, 1.82) is 0 Å². The quantitative estimate of drug-likeness (QED) is 0.502. The maximum absolute atomic E-state index is 13.7. The number of hydrogen-bond acceptors (Lipinski definition) is 9. The number of ether oxygens (including phenoxy) is 1. The lowest BCUT2D eigenvalue weighted by atomic mass is 9.85. The summed E-state index contributed by atoms with van der Waals surface area (Å²) in [5.74, 6) is 0.662. The topological polar surface area (TPSA) is 132 Å². The maximum atomic E-state index is 13.7. The van der Waals surface area contributed by atoms with Crippen molar-refractivity contribution in [2.24, 2.45) is 10.7 Å². The molecule has 0 unspecified atom stereocenters. The van der Waals surface area contributed by atoms with Gasteiger partial charge in [0.25, 0.3) is 0 Å². The summed E-state index contributed by atoms with van der Waals surface area (Å²) in [6.45, 7) is 6.63. The summed E-state index contributed by atoms with van der Waals surface area (Å²) in [6.07, 6.45) is -2.88. The van der Waals surface area contributed by atoms with Crippen LogP contribution in [0.2, 0.25) is 0 Å². The molecule has 0 fully saturated rings. The van der Waals surface area contributed by atoms with Gasteiger partial charge in [0.1, 0.15) is 33.7 Å². The highest BCUT2D eigenvalue weighted by Gasteiger charge is 2.58. The first kappa shape index (κ1) is 25.2. The standard InChI is InChI=1S/C24H25F3N6O3S/c1-12-7-18-23(4,33-21(28)22(2,3)37(18,34)35)15-9-14(5-6-17(15)36-12)32-20-19-16(30-11-31-20)8-13(10-29-19)24(25,26)27/h5-6,8-12,18H,7H2,1-4H3,(H2,28,33)(H,30,31,32)/t12-,18+,23+/m0/s1. The zero-order valence-corrected chi connectivity index (χ0v) is 21.3. The van der Waals surface area contributed by atoms with Crippen LogP contribution in [0.5, 0.6) is 5.75 Å². The summed E-state index contributed by atoms with van der Waals surface area (Å²) in [4.78, 5) is 16.7. The highest BCUT2D eigenvalue weighted by atomic mass is 32.2. The third kappa shape index (κ3) is 3.87. The number of fused-ring (bicyclic) bond motifs is 4. The lowest BCUT2D eigenvalue weighted by Crippen LogP contribution is -2.60. The van der Waals surface area contributed by atoms with Crippen molar-refractivity contribution in [3.63, 3.8) is 0 Å². The van der Waals surface area contributed by atoms with Gasteiger partial charge < -0.3 is 15.8 Å². The second-order valence-electron chi connectivity index (χ2n) is 10.0. The zero-order valence-electron chi connectivity index (χ0n) is 20.5. The Morgan fingerprint density at radius 3 is 2.57 bits per heavy atom. The largest absolute Gasteiger partial charge is 0.490 e. The van der Waals surface area contributed by atoms with Crippen LogP contribution in [-0.2, 0) is 21.6 Å². The first-order valence-corrected chi connectivity index (χ1v) is 13.0. The molecule has 3 aromatic rings. The normalized spacial score (nSPS) is 26.3. The fourth-order valence-electron chi connectivity index (χ4n) is 4.85. The minimum Gasteiger partial charge on any atom is -0.490 e. The van der Waals surface area contributed by atoms with Gasteiger partial charge in [-0.25, -0.2) is 18.4 Å². The maximum Gasteiger partial charge on any atom is 0.417 e. The van der Waals surface area contributed by atoms with Crippen LogP contribution < -0.4 is 15.8 Å². The number of aromatic nitrogens is 3. The summed E-state index contributed by atoms with van der Waals surface area (Å²) < 4.78 is 71.4. The minimum absolute atomic E-state index is 0.0107. The molecular weight excluding hydrogens is 509 g/mol. The lowest BCUT2D eigenvalue weighted by molar-refractivity contribution is -0.137. The Hall–Kier alpha value is -3.48. The van der Waals surface area contributed by atoms with Crippen molar-refractivity contribution in [3.8, 4) is 5.75 Å². The smallest absolute Gasteiger partial charge is 0.417 e. The molecule has 37 heavy (non-hydrogen) atoms. The van der Waals surface area contributed by atoms with E-state index in [0.717, 1.165) is 18.6 Å². The molecule has 9 nitrogen and oxygen atoms in total. The van der Waals surface area contributed by atoms with Crippen molar-refractivity contribution in [2.45, 2.75) is 61.9 Å². The Labute approximate surface area is 211 Å². The van der Waals surface area contributed by atoms with Crippen molar-refractivity contribution < 1.29 is 26.3 Å². The minimum atomic E-state index is -4.56. The summed E-state index contributed by atoms with van der Waals surface area (Å²) in [7, 11) is -3.76. The molecule has 0 aliphatic carbocycles. The van der Waals surface area contributed by atoms with Crippen molar-refractivity contribution in [1.82, 2.24) is 15.0 Å². The van der Waals surface area contributed by atoms with Crippen LogP contribution in [0.1, 0.15) is 45.2 Å². The number of nitrogens with two attached hydrogens (primary N) is 1. The molecule has 3 atom stereocenters. The van der Waals surface area contributed by atoms with Gasteiger partial charge in [0, 0.05) is 23.9 Å². The number of nitrogens with zero attached hydrogens (tertiary/aromatic N) is 4. The molecule has 0 bridgehead atoms. The molecule has 5 rings (SSSR count). The van der Waals surface area contributed by atoms with Gasteiger partial charge in [0.15, 0.2) is 15.7 Å². The predicted octanol–water partition coefficient (Wildman–Crippen LogP) is 4.11. The molecule has 0 amide bonds. The molecule has 0 spiro atoms. The number of amidine groups is 1. The molecule has 2 aromatic heterocycles. The van der Waals surface area contributed by atoms with Crippen LogP contribution in [0.3, 0.4) is 0 Å². The summed E-state index contributed by atoms with van der Waals surface area (Å²) in [5.41, 5.74) is 5.20. The second kappa shape index (κ2) is 8.01. The molecule has 0 saturated carbocycles. The molecule has 1 aromatic carbocycles. The highest BCUT2D eigenvalue weighted by molar-refractivity contribution is 7.94. The molecule has 3 N–H and O–H groups in total. The van der Waals surface area contributed by atoms with Crippen molar-refractivity contribution >= 4 is 38.2 Å². The van der Waals surface area contributed by atoms with E-state index in [1.54, 1.807) is 45.9 Å². The number of pyridine rings is 1. The third-order valence-electron chi connectivity index (χ3n) is 7.15. The van der Waals surface area contributed by atoms with Crippen LogP contribution in [0.15, 0.2) is 41.8 Å². The van der Waals surface area contributed by atoms with E-state index in [2.05, 4.69) is 20.3 Å². The number of rotatable bonds is 2. The Bertz CT molecular complexity index is 1560. The van der Waals surface area contributed by atoms with E-state index in [4.69, 9.17) is 15.5 Å². The number of sulfone groups is 1. The van der Waals surface area contributed by atoms with Gasteiger partial charge in [0.05, 0.1) is 22.4 Å². The Kier molecular flexibility index (Phi) is 5.45. The third-order valence-corrected chi connectivity index (χ3v) is 10.2. The first-order valence-electron chi connectivity index (χ1n) is 11.5. The number of alkyl halides is 3. The second-order valence-corrected chi connectivity index (χ2v) is 12.7. The van der Waals surface area contributed by atoms with Gasteiger partial charge in [0.2, 0.25) is 0 Å². The molecule has 196 valence electrons. The van der Waals surface area contributed by atoms with Crippen molar-refractivity contribution in [2.75, 3.05) is 5.32 Å². The number of nitrogens with one attached hydrogen (secondary N) is 1. The molecule has 0 saturated heterocycles. The van der Waals surface area contributed by atoms with E-state index in [-0.39, 0.29) is 29.1 Å². The first-order chi connectivity index (χ1) is 17.1. The number of halogens is 3. The van der Waals surface area contributed by atoms with Gasteiger partial charge in [-0.1, -0.05) is 0 Å². The van der Waals surface area contributed by atoms with Crippen LogP contribution >= 0.6 is 0 Å². The zero-order chi connectivity index (χ0) is 27.0. The number of hydrogen-bond donors (Lipinski definition) is 2. The van der Waals surface area contributed by atoms with Gasteiger partial charge in [-0.15, -0.1) is 0 Å². The van der Waals surface area contributed by atoms with E-state index in [9.17, 15) is 21.6 Å². The van der Waals surface area contributed by atoms with Crippen LogP contribution in [-0.4, -0.2) is 45.3 Å². The van der Waals surface area contributed by atoms with E-state index >= 15 is 0 Å². The average molecular weight is 535 g/mol. The van der Waals surface area contributed by atoms with Gasteiger partial charge in [-0.05, 0) is 52.0 Å². The monoisotopic (exact) mass is 534 g/mol. The average Bonchev–Trinajstić information content (AvgIpc) is 2.92. The number of aliphatic imine (C=N–C) groups is 1. The number of anilines is 2. The van der Waals surface area contributed by atoms with E-state index in [1.165, 1.54) is 0 Å². The highest BCUT2D eigenvalue weighted by Crippen LogP contribution is 2.49. The van der Waals surface area contributed by atoms with E-state index < -0.39 is 43.2 Å². The molecule has 2 aliphatic rings. The predicted molar refractivity (Wildman–Crippen MR) is 133 cm³/mol. The van der Waals surface area contributed by atoms with Gasteiger partial charge >= 0.3 is 6.18 Å². The summed E-state index contributed by atoms with van der Waals surface area (Å²) in [6, 6.07) is 5.99. The van der Waals surface area contributed by atoms with Crippen LogP contribution in [0, 0.1) is 0 Å². The fraction of sp³-hybridized carbons (Fsp3) is 0.417. The van der Waals surface area contributed by atoms with Gasteiger partial charge in [-0.2, -0.15) is 13.2 Å². The summed E-state index contributed by atoms with van der Waals surface area (Å²) in [5, 5.41) is 2.18. The molecule has 13 heteroatoms.